The van der Waals surface area contributed by atoms with Crippen molar-refractivity contribution in [3.05, 3.63) is 27.7 Å². The van der Waals surface area contributed by atoms with Gasteiger partial charge in [-0.15, -0.1) is 0 Å². The maximum absolute atomic E-state index is 11.8. The van der Waals surface area contributed by atoms with Crippen LogP contribution >= 0.6 is 23.2 Å². The van der Waals surface area contributed by atoms with Crippen molar-refractivity contribution in [2.75, 3.05) is 6.61 Å². The van der Waals surface area contributed by atoms with Gasteiger partial charge in [0.1, 0.15) is 4.90 Å². The van der Waals surface area contributed by atoms with Gasteiger partial charge in [-0.2, -0.15) is 0 Å². The molecule has 5 nitrogen and oxygen atoms in total. The van der Waals surface area contributed by atoms with Crippen molar-refractivity contribution in [2.24, 2.45) is 11.1 Å². The molecule has 2 rings (SSSR count). The largest absolute Gasteiger partial charge is 0.462 e. The minimum absolute atomic E-state index is 0.0261. The Kier molecular flexibility index (Phi) is 4.06. The van der Waals surface area contributed by atoms with E-state index in [4.69, 9.17) is 33.1 Å². The van der Waals surface area contributed by atoms with Crippen molar-refractivity contribution in [1.82, 2.24) is 0 Å². The van der Waals surface area contributed by atoms with Crippen LogP contribution in [0.3, 0.4) is 0 Å². The van der Waals surface area contributed by atoms with E-state index in [1.54, 1.807) is 0 Å². The van der Waals surface area contributed by atoms with Crippen molar-refractivity contribution >= 4 is 39.2 Å². The summed E-state index contributed by atoms with van der Waals surface area (Å²) in [6, 6.07) is 2.20. The Morgan fingerprint density at radius 2 is 1.95 bits per heavy atom. The van der Waals surface area contributed by atoms with E-state index < -0.39 is 16.0 Å². The van der Waals surface area contributed by atoms with E-state index in [1.807, 2.05) is 0 Å². The minimum Gasteiger partial charge on any atom is -0.462 e. The number of halogens is 2. The fraction of sp³-hybridized carbons (Fsp3) is 0.364. The molecule has 0 heterocycles. The highest BCUT2D eigenvalue weighted by Gasteiger charge is 2.25. The Labute approximate surface area is 120 Å². The summed E-state index contributed by atoms with van der Waals surface area (Å²) in [7, 11) is -4.02. The highest BCUT2D eigenvalue weighted by Crippen LogP contribution is 2.31. The lowest BCUT2D eigenvalue weighted by Gasteiger charge is -2.08. The smallest absolute Gasteiger partial charge is 0.339 e. The van der Waals surface area contributed by atoms with Crippen LogP contribution in [-0.4, -0.2) is 21.0 Å². The summed E-state index contributed by atoms with van der Waals surface area (Å²) in [4.78, 5) is 11.5. The molecule has 1 aliphatic carbocycles. The molecule has 0 saturated heterocycles. The number of ether oxygens (including phenoxy) is 1. The van der Waals surface area contributed by atoms with Crippen LogP contribution in [0.25, 0.3) is 0 Å². The average molecular weight is 324 g/mol. The Bertz CT molecular complexity index is 626. The number of nitrogens with two attached hydrogens (primary N) is 1. The van der Waals surface area contributed by atoms with E-state index in [1.165, 1.54) is 0 Å². The van der Waals surface area contributed by atoms with Crippen LogP contribution in [0.4, 0.5) is 0 Å². The summed E-state index contributed by atoms with van der Waals surface area (Å²) < 4.78 is 27.7. The second-order valence-electron chi connectivity index (χ2n) is 4.35. The molecule has 0 unspecified atom stereocenters. The molecule has 1 aromatic rings. The number of primary sulfonamides is 1. The Balaban J connectivity index is 2.30. The monoisotopic (exact) mass is 323 g/mol. The molecule has 1 aromatic carbocycles. The lowest BCUT2D eigenvalue weighted by atomic mass is 10.2. The molecule has 2 N–H and O–H groups in total. The molecule has 8 heteroatoms. The lowest BCUT2D eigenvalue weighted by molar-refractivity contribution is 0.0486. The standard InChI is InChI=1S/C11H11Cl2NO4S/c12-8-4-9(13)10(19(14,16)17)3-7(8)11(15)18-5-6-1-2-6/h3-4,6H,1-2,5H2,(H2,14,16,17). The molecule has 1 aliphatic rings. The number of carbonyl (C=O) groups is 1. The van der Waals surface area contributed by atoms with Crippen LogP contribution < -0.4 is 5.14 Å². The van der Waals surface area contributed by atoms with Gasteiger partial charge in [-0.25, -0.2) is 18.4 Å². The second-order valence-corrected chi connectivity index (χ2v) is 6.69. The fourth-order valence-corrected chi connectivity index (χ4v) is 2.86. The van der Waals surface area contributed by atoms with E-state index in [2.05, 4.69) is 0 Å². The number of esters is 1. The minimum atomic E-state index is -4.02. The van der Waals surface area contributed by atoms with Crippen molar-refractivity contribution in [2.45, 2.75) is 17.7 Å². The zero-order chi connectivity index (χ0) is 14.2. The summed E-state index contributed by atoms with van der Waals surface area (Å²) >= 11 is 11.6. The topological polar surface area (TPSA) is 86.5 Å². The van der Waals surface area contributed by atoms with Gasteiger partial charge >= 0.3 is 5.97 Å². The molecule has 19 heavy (non-hydrogen) atoms. The van der Waals surface area contributed by atoms with E-state index in [-0.39, 0.29) is 20.5 Å². The van der Waals surface area contributed by atoms with Gasteiger partial charge < -0.3 is 4.74 Å². The van der Waals surface area contributed by atoms with Gasteiger partial charge in [-0.3, -0.25) is 0 Å². The van der Waals surface area contributed by atoms with E-state index in [0.717, 1.165) is 25.0 Å². The van der Waals surface area contributed by atoms with Gasteiger partial charge in [0.15, 0.2) is 0 Å². The summed E-state index contributed by atoms with van der Waals surface area (Å²) in [5, 5.41) is 4.89. The average Bonchev–Trinajstić information content (AvgIpc) is 3.07. The zero-order valence-electron chi connectivity index (χ0n) is 9.73. The number of hydrogen-bond donors (Lipinski definition) is 1. The zero-order valence-corrected chi connectivity index (χ0v) is 12.1. The fourth-order valence-electron chi connectivity index (χ4n) is 1.46. The molecule has 1 saturated carbocycles. The number of rotatable bonds is 4. The lowest BCUT2D eigenvalue weighted by Crippen LogP contribution is -2.15. The Morgan fingerprint density at radius 1 is 1.32 bits per heavy atom. The maximum atomic E-state index is 11.8. The third-order valence-corrected chi connectivity index (χ3v) is 4.38. The van der Waals surface area contributed by atoms with Gasteiger partial charge in [0.25, 0.3) is 0 Å². The Morgan fingerprint density at radius 3 is 2.47 bits per heavy atom. The summed E-state index contributed by atoms with van der Waals surface area (Å²) in [6.45, 7) is 0.308. The van der Waals surface area contributed by atoms with Gasteiger partial charge in [0.2, 0.25) is 10.0 Å². The van der Waals surface area contributed by atoms with Crippen LogP contribution in [0.15, 0.2) is 17.0 Å². The van der Waals surface area contributed by atoms with Crippen molar-refractivity contribution < 1.29 is 17.9 Å². The molecule has 0 spiro atoms. The summed E-state index contributed by atoms with van der Waals surface area (Å²) in [5.41, 5.74) is -0.0595. The molecule has 0 atom stereocenters. The number of sulfonamides is 1. The SMILES string of the molecule is NS(=O)(=O)c1cc(C(=O)OCC2CC2)c(Cl)cc1Cl. The predicted octanol–water partition coefficient (Wildman–Crippen LogP) is 2.21. The molecular weight excluding hydrogens is 313 g/mol. The van der Waals surface area contributed by atoms with Crippen molar-refractivity contribution in [3.8, 4) is 0 Å². The van der Waals surface area contributed by atoms with Crippen LogP contribution in [0.1, 0.15) is 23.2 Å². The highest BCUT2D eigenvalue weighted by molar-refractivity contribution is 7.89. The first-order valence-corrected chi connectivity index (χ1v) is 7.78. The third-order valence-electron chi connectivity index (χ3n) is 2.70. The van der Waals surface area contributed by atoms with Gasteiger partial charge in [0, 0.05) is 0 Å². The van der Waals surface area contributed by atoms with Crippen molar-refractivity contribution in [3.63, 3.8) is 0 Å². The molecule has 0 aliphatic heterocycles. The second kappa shape index (κ2) is 5.28. The number of hydrogen-bond acceptors (Lipinski definition) is 4. The van der Waals surface area contributed by atoms with E-state index >= 15 is 0 Å². The van der Waals surface area contributed by atoms with Crippen LogP contribution in [0, 0.1) is 5.92 Å². The highest BCUT2D eigenvalue weighted by atomic mass is 35.5. The summed E-state index contributed by atoms with van der Waals surface area (Å²) in [5.74, 6) is -0.286. The molecule has 0 bridgehead atoms. The van der Waals surface area contributed by atoms with E-state index in [9.17, 15) is 13.2 Å². The predicted molar refractivity (Wildman–Crippen MR) is 70.8 cm³/mol. The van der Waals surface area contributed by atoms with E-state index in [0.29, 0.717) is 12.5 Å². The normalized spacial score (nSPS) is 15.3. The molecule has 1 fully saturated rings. The quantitative estimate of drug-likeness (QED) is 0.860. The third kappa shape index (κ3) is 3.60. The number of carbonyl (C=O) groups excluding carboxylic acids is 1. The first-order valence-electron chi connectivity index (χ1n) is 5.48. The van der Waals surface area contributed by atoms with Crippen LogP contribution in [0.5, 0.6) is 0 Å². The van der Waals surface area contributed by atoms with Crippen LogP contribution in [-0.2, 0) is 14.8 Å². The molecule has 0 aromatic heterocycles. The van der Waals surface area contributed by atoms with Crippen LogP contribution in [0.2, 0.25) is 10.0 Å². The molecule has 104 valence electrons. The first-order chi connectivity index (χ1) is 8.79. The van der Waals surface area contributed by atoms with Gasteiger partial charge in [-0.05, 0) is 30.9 Å². The molecule has 0 radical (unpaired) electrons. The molecule has 0 amide bonds. The molecular formula is C11H11Cl2NO4S. The number of benzene rings is 1. The van der Waals surface area contributed by atoms with Crippen molar-refractivity contribution in [1.29, 1.82) is 0 Å². The Hall–Kier alpha value is -0.820. The van der Waals surface area contributed by atoms with Gasteiger partial charge in [-0.1, -0.05) is 23.2 Å². The van der Waals surface area contributed by atoms with Gasteiger partial charge in [0.05, 0.1) is 22.2 Å². The first kappa shape index (κ1) is 14.6. The summed E-state index contributed by atoms with van der Waals surface area (Å²) in [6.07, 6.45) is 2.06. The maximum Gasteiger partial charge on any atom is 0.339 e.